The fraction of sp³-hybridized carbons (Fsp3) is 0.636. The van der Waals surface area contributed by atoms with Crippen LogP contribution in [0.2, 0.25) is 0 Å². The molecule has 0 saturated heterocycles. The SMILES string of the molecule is C=CC[C@H]1CC2=CC(=O)C=C[C@]2(C)[C@H]2CC[C@]3(C)C(=O)CC[C@H]3[C@H]12. The number of hydrogen-bond acceptors (Lipinski definition) is 2. The summed E-state index contributed by atoms with van der Waals surface area (Å²) in [6.07, 6.45) is 13.8. The van der Waals surface area contributed by atoms with Gasteiger partial charge in [-0.05, 0) is 67.9 Å². The molecule has 0 bridgehead atoms. The van der Waals surface area contributed by atoms with Crippen molar-refractivity contribution in [2.24, 2.45) is 34.5 Å². The Balaban J connectivity index is 1.78. The normalized spacial score (nSPS) is 46.8. The van der Waals surface area contributed by atoms with Crippen LogP contribution >= 0.6 is 0 Å². The van der Waals surface area contributed by atoms with E-state index in [1.807, 2.05) is 12.2 Å². The minimum Gasteiger partial charge on any atom is -0.299 e. The Hall–Kier alpha value is -1.44. The van der Waals surface area contributed by atoms with E-state index in [-0.39, 0.29) is 16.6 Å². The van der Waals surface area contributed by atoms with Crippen molar-refractivity contribution < 1.29 is 9.59 Å². The molecule has 0 unspecified atom stereocenters. The lowest BCUT2D eigenvalue weighted by atomic mass is 9.45. The quantitative estimate of drug-likeness (QED) is 0.692. The highest BCUT2D eigenvalue weighted by Gasteiger charge is 2.60. The molecule has 6 atom stereocenters. The number of ketones is 2. The minimum absolute atomic E-state index is 0.00319. The first-order chi connectivity index (χ1) is 11.4. The highest BCUT2D eigenvalue weighted by Crippen LogP contribution is 2.65. The summed E-state index contributed by atoms with van der Waals surface area (Å²) in [5.74, 6) is 2.79. The van der Waals surface area contributed by atoms with E-state index < -0.39 is 0 Å². The van der Waals surface area contributed by atoms with E-state index in [1.165, 1.54) is 5.57 Å². The third kappa shape index (κ3) is 2.01. The van der Waals surface area contributed by atoms with Crippen molar-refractivity contribution in [2.45, 2.75) is 52.4 Å². The van der Waals surface area contributed by atoms with Crippen molar-refractivity contribution in [1.29, 1.82) is 0 Å². The van der Waals surface area contributed by atoms with Crippen LogP contribution in [-0.2, 0) is 9.59 Å². The van der Waals surface area contributed by atoms with Gasteiger partial charge in [0.25, 0.3) is 0 Å². The Morgan fingerprint density at radius 1 is 1.25 bits per heavy atom. The van der Waals surface area contributed by atoms with Gasteiger partial charge in [0, 0.05) is 17.3 Å². The van der Waals surface area contributed by atoms with Crippen molar-refractivity contribution in [1.82, 2.24) is 0 Å². The molecule has 0 radical (unpaired) electrons. The lowest BCUT2D eigenvalue weighted by Crippen LogP contribution is -2.52. The molecule has 4 aliphatic carbocycles. The van der Waals surface area contributed by atoms with Crippen molar-refractivity contribution in [2.75, 3.05) is 0 Å². The van der Waals surface area contributed by atoms with Crippen LogP contribution in [0.15, 0.2) is 36.5 Å². The molecule has 0 amide bonds. The minimum atomic E-state index is -0.105. The fourth-order valence-electron chi connectivity index (χ4n) is 6.58. The third-order valence-corrected chi connectivity index (χ3v) is 7.91. The number of fused-ring (bicyclic) bond motifs is 5. The zero-order valence-corrected chi connectivity index (χ0v) is 14.9. The van der Waals surface area contributed by atoms with Gasteiger partial charge < -0.3 is 0 Å². The molecule has 3 fully saturated rings. The second-order valence-corrected chi connectivity index (χ2v) is 8.88. The van der Waals surface area contributed by atoms with Crippen LogP contribution in [-0.4, -0.2) is 11.6 Å². The van der Waals surface area contributed by atoms with Gasteiger partial charge in [-0.3, -0.25) is 9.59 Å². The Labute approximate surface area is 145 Å². The van der Waals surface area contributed by atoms with E-state index >= 15 is 0 Å². The average Bonchev–Trinajstić information content (AvgIpc) is 2.85. The molecule has 0 spiro atoms. The molecule has 0 N–H and O–H groups in total. The zero-order valence-electron chi connectivity index (χ0n) is 14.9. The van der Waals surface area contributed by atoms with Crippen LogP contribution in [0.3, 0.4) is 0 Å². The lowest BCUT2D eigenvalue weighted by molar-refractivity contribution is -0.133. The van der Waals surface area contributed by atoms with Gasteiger partial charge in [0.2, 0.25) is 0 Å². The van der Waals surface area contributed by atoms with Gasteiger partial charge >= 0.3 is 0 Å². The molecule has 0 aromatic heterocycles. The van der Waals surface area contributed by atoms with Gasteiger partial charge in [-0.2, -0.15) is 0 Å². The van der Waals surface area contributed by atoms with Crippen LogP contribution in [0.25, 0.3) is 0 Å². The van der Waals surface area contributed by atoms with Crippen LogP contribution < -0.4 is 0 Å². The second kappa shape index (κ2) is 5.28. The van der Waals surface area contributed by atoms with Crippen molar-refractivity contribution >= 4 is 11.6 Å². The lowest BCUT2D eigenvalue weighted by Gasteiger charge is -2.58. The molecule has 24 heavy (non-hydrogen) atoms. The first-order valence-corrected chi connectivity index (χ1v) is 9.48. The number of hydrogen-bond donors (Lipinski definition) is 0. The molecule has 0 aromatic carbocycles. The van der Waals surface area contributed by atoms with Gasteiger partial charge in [0.1, 0.15) is 5.78 Å². The van der Waals surface area contributed by atoms with E-state index in [9.17, 15) is 9.59 Å². The Morgan fingerprint density at radius 3 is 2.79 bits per heavy atom. The molecule has 0 heterocycles. The molecule has 0 aromatic rings. The van der Waals surface area contributed by atoms with E-state index in [0.29, 0.717) is 29.5 Å². The summed E-state index contributed by atoms with van der Waals surface area (Å²) in [4.78, 5) is 24.5. The number of allylic oxidation sites excluding steroid dienone is 5. The van der Waals surface area contributed by atoms with Crippen molar-refractivity contribution in [3.05, 3.63) is 36.5 Å². The topological polar surface area (TPSA) is 34.1 Å². The molecule has 3 saturated carbocycles. The van der Waals surface area contributed by atoms with E-state index in [1.54, 1.807) is 6.08 Å². The standard InChI is InChI=1S/C22H28O2/c1-4-5-14-12-15-13-16(23)8-10-21(15,2)18-9-11-22(3)17(20(14)18)6-7-19(22)24/h4,8,10,13-14,17-18,20H,1,5-7,9,11-12H2,2-3H3/t14-,17-,18-,20-,21-,22-/m0/s1. The molecule has 2 nitrogen and oxygen atoms in total. The van der Waals surface area contributed by atoms with Crippen LogP contribution in [0, 0.1) is 34.5 Å². The molecule has 2 heteroatoms. The maximum Gasteiger partial charge on any atom is 0.178 e. The first kappa shape index (κ1) is 16.1. The molecule has 128 valence electrons. The number of carbonyl (C=O) groups excluding carboxylic acids is 2. The smallest absolute Gasteiger partial charge is 0.178 e. The maximum absolute atomic E-state index is 12.6. The highest BCUT2D eigenvalue weighted by atomic mass is 16.1. The number of rotatable bonds is 2. The van der Waals surface area contributed by atoms with Crippen LogP contribution in [0.1, 0.15) is 52.4 Å². The maximum atomic E-state index is 12.6. The average molecular weight is 324 g/mol. The van der Waals surface area contributed by atoms with E-state index in [2.05, 4.69) is 26.5 Å². The Morgan fingerprint density at radius 2 is 2.04 bits per heavy atom. The molecular formula is C22H28O2. The number of Topliss-reactive ketones (excluding diaryl/α,β-unsaturated/α-hetero) is 1. The summed E-state index contributed by atoms with van der Waals surface area (Å²) in [7, 11) is 0. The monoisotopic (exact) mass is 324 g/mol. The van der Waals surface area contributed by atoms with E-state index in [4.69, 9.17) is 0 Å². The van der Waals surface area contributed by atoms with Crippen LogP contribution in [0.5, 0.6) is 0 Å². The summed E-state index contributed by atoms with van der Waals surface area (Å²) in [6, 6.07) is 0. The molecule has 4 rings (SSSR count). The van der Waals surface area contributed by atoms with Gasteiger partial charge in [0.05, 0.1) is 0 Å². The zero-order chi connectivity index (χ0) is 17.1. The summed E-state index contributed by atoms with van der Waals surface area (Å²) >= 11 is 0. The predicted octanol–water partition coefficient (Wildman–Crippen LogP) is 4.67. The fourth-order valence-corrected chi connectivity index (χ4v) is 6.58. The first-order valence-electron chi connectivity index (χ1n) is 9.48. The van der Waals surface area contributed by atoms with Crippen LogP contribution in [0.4, 0.5) is 0 Å². The summed E-state index contributed by atoms with van der Waals surface area (Å²) in [5, 5.41) is 0. The molecule has 0 aliphatic heterocycles. The largest absolute Gasteiger partial charge is 0.299 e. The van der Waals surface area contributed by atoms with Gasteiger partial charge in [0.15, 0.2) is 5.78 Å². The molecular weight excluding hydrogens is 296 g/mol. The predicted molar refractivity (Wildman–Crippen MR) is 95.3 cm³/mol. The summed E-state index contributed by atoms with van der Waals surface area (Å²) < 4.78 is 0. The van der Waals surface area contributed by atoms with Crippen molar-refractivity contribution in [3.63, 3.8) is 0 Å². The van der Waals surface area contributed by atoms with Crippen molar-refractivity contribution in [3.8, 4) is 0 Å². The third-order valence-electron chi connectivity index (χ3n) is 7.91. The summed E-state index contributed by atoms with van der Waals surface area (Å²) in [6.45, 7) is 8.53. The van der Waals surface area contributed by atoms with E-state index in [0.717, 1.165) is 38.5 Å². The summed E-state index contributed by atoms with van der Waals surface area (Å²) in [5.41, 5.74) is 1.21. The second-order valence-electron chi connectivity index (χ2n) is 8.88. The van der Waals surface area contributed by atoms with Gasteiger partial charge in [-0.25, -0.2) is 0 Å². The Kier molecular flexibility index (Phi) is 3.53. The van der Waals surface area contributed by atoms with Gasteiger partial charge in [-0.1, -0.05) is 31.6 Å². The Bertz CT molecular complexity index is 669. The highest BCUT2D eigenvalue weighted by molar-refractivity contribution is 6.01. The number of carbonyl (C=O) groups is 2. The molecule has 4 aliphatic rings. The van der Waals surface area contributed by atoms with Gasteiger partial charge in [-0.15, -0.1) is 6.58 Å².